The summed E-state index contributed by atoms with van der Waals surface area (Å²) in [7, 11) is 1.55. The zero-order valence-corrected chi connectivity index (χ0v) is 18.0. The van der Waals surface area contributed by atoms with E-state index in [1.54, 1.807) is 37.4 Å². The zero-order valence-electron chi connectivity index (χ0n) is 17.1. The van der Waals surface area contributed by atoms with Crippen LogP contribution in [0.2, 0.25) is 0 Å². The Labute approximate surface area is 181 Å². The molecule has 1 aromatic heterocycles. The number of hydrogen-bond donors (Lipinski definition) is 3. The molecule has 0 aliphatic carbocycles. The van der Waals surface area contributed by atoms with Crippen molar-refractivity contribution in [1.29, 1.82) is 0 Å². The molecule has 8 nitrogen and oxygen atoms in total. The predicted octanol–water partition coefficient (Wildman–Crippen LogP) is 3.65. The van der Waals surface area contributed by atoms with Crippen LogP contribution in [0.3, 0.4) is 0 Å². The molecule has 3 rings (SSSR count). The Morgan fingerprint density at radius 3 is 2.50 bits per heavy atom. The van der Waals surface area contributed by atoms with Crippen molar-refractivity contribution in [3.63, 3.8) is 0 Å². The molecule has 0 aliphatic heterocycles. The summed E-state index contributed by atoms with van der Waals surface area (Å²) < 4.78 is 11.1. The first-order valence-corrected chi connectivity index (χ1v) is 9.34. The van der Waals surface area contributed by atoms with E-state index in [9.17, 15) is 4.79 Å². The molecule has 0 saturated carbocycles. The van der Waals surface area contributed by atoms with Crippen LogP contribution in [0.5, 0.6) is 11.5 Å². The number of benzene rings is 2. The van der Waals surface area contributed by atoms with Gasteiger partial charge in [0.2, 0.25) is 0 Å². The molecule has 0 aliphatic rings. The van der Waals surface area contributed by atoms with Gasteiger partial charge >= 0.3 is 0 Å². The van der Waals surface area contributed by atoms with E-state index in [1.807, 2.05) is 12.1 Å². The number of amides is 1. The Bertz CT molecular complexity index is 973. The fourth-order valence-corrected chi connectivity index (χ4v) is 2.61. The zero-order chi connectivity index (χ0) is 20.8. The topological polar surface area (TPSA) is 115 Å². The summed E-state index contributed by atoms with van der Waals surface area (Å²) in [5.41, 5.74) is 7.50. The third kappa shape index (κ3) is 5.71. The molecule has 3 aromatic rings. The van der Waals surface area contributed by atoms with Gasteiger partial charge in [0, 0.05) is 16.8 Å². The molecule has 0 fully saturated rings. The summed E-state index contributed by atoms with van der Waals surface area (Å²) in [5.74, 6) is 2.47. The van der Waals surface area contributed by atoms with E-state index in [0.29, 0.717) is 53.5 Å². The Morgan fingerprint density at radius 2 is 1.90 bits per heavy atom. The number of rotatable bonds is 8. The molecule has 1 heterocycles. The highest BCUT2D eigenvalue weighted by molar-refractivity contribution is 6.04. The van der Waals surface area contributed by atoms with Gasteiger partial charge in [0.05, 0.1) is 20.3 Å². The van der Waals surface area contributed by atoms with Crippen molar-refractivity contribution in [2.45, 2.75) is 20.4 Å². The van der Waals surface area contributed by atoms with Crippen molar-refractivity contribution in [2.24, 2.45) is 11.7 Å². The number of methoxy groups -OCH3 is 1. The molecule has 0 unspecified atom stereocenters. The Hall–Kier alpha value is -3.10. The molecule has 0 saturated heterocycles. The molecular formula is C21H26ClN5O3. The molecule has 2 aromatic carbocycles. The molecule has 0 bridgehead atoms. The van der Waals surface area contributed by atoms with Crippen LogP contribution in [0.15, 0.2) is 42.5 Å². The van der Waals surface area contributed by atoms with Gasteiger partial charge in [-0.25, -0.2) is 4.98 Å². The molecule has 4 N–H and O–H groups in total. The van der Waals surface area contributed by atoms with Gasteiger partial charge in [-0.2, -0.15) is 5.10 Å². The Balaban J connectivity index is 0.00000320. The smallest absolute Gasteiger partial charge is 0.255 e. The van der Waals surface area contributed by atoms with Gasteiger partial charge in [-0.05, 0) is 48.4 Å². The summed E-state index contributed by atoms with van der Waals surface area (Å²) in [5, 5.41) is 9.76. The molecule has 30 heavy (non-hydrogen) atoms. The first-order chi connectivity index (χ1) is 14.0. The second kappa shape index (κ2) is 10.6. The maximum Gasteiger partial charge on any atom is 0.255 e. The SMILES string of the molecule is COc1cc(C(=O)Nc2ccc(-c3n[nH]c(CN)n3)cc2)ccc1OCC(C)C.Cl. The third-order valence-electron chi connectivity index (χ3n) is 4.12. The minimum atomic E-state index is -0.241. The summed E-state index contributed by atoms with van der Waals surface area (Å²) in [6.45, 7) is 5.01. The highest BCUT2D eigenvalue weighted by Gasteiger charge is 2.12. The average Bonchev–Trinajstić information content (AvgIpc) is 3.22. The standard InChI is InChI=1S/C21H25N5O3.ClH/c1-13(2)12-29-17-9-6-15(10-18(17)28-3)21(27)23-16-7-4-14(5-8-16)20-24-19(11-22)25-26-20;/h4-10,13H,11-12,22H2,1-3H3,(H,23,27)(H,24,25,26);1H. The number of nitrogens with zero attached hydrogens (tertiary/aromatic N) is 2. The summed E-state index contributed by atoms with van der Waals surface area (Å²) in [6.07, 6.45) is 0. The average molecular weight is 432 g/mol. The van der Waals surface area contributed by atoms with Crippen molar-refractivity contribution in [1.82, 2.24) is 15.2 Å². The summed E-state index contributed by atoms with van der Waals surface area (Å²) >= 11 is 0. The van der Waals surface area contributed by atoms with Crippen molar-refractivity contribution in [3.05, 3.63) is 53.9 Å². The molecule has 9 heteroatoms. The van der Waals surface area contributed by atoms with E-state index in [2.05, 4.69) is 34.3 Å². The molecule has 1 amide bonds. The van der Waals surface area contributed by atoms with Crippen molar-refractivity contribution in [3.8, 4) is 22.9 Å². The van der Waals surface area contributed by atoms with Crippen LogP contribution in [0.1, 0.15) is 30.0 Å². The van der Waals surface area contributed by atoms with Crippen LogP contribution >= 0.6 is 12.4 Å². The lowest BCUT2D eigenvalue weighted by Crippen LogP contribution is -2.12. The van der Waals surface area contributed by atoms with Gasteiger partial charge in [-0.3, -0.25) is 9.89 Å². The van der Waals surface area contributed by atoms with Crippen LogP contribution in [0.4, 0.5) is 5.69 Å². The number of carbonyl (C=O) groups excluding carboxylic acids is 1. The number of H-pyrrole nitrogens is 1. The first kappa shape index (κ1) is 23.2. The number of anilines is 1. The van der Waals surface area contributed by atoms with E-state index in [1.165, 1.54) is 0 Å². The van der Waals surface area contributed by atoms with Crippen LogP contribution in [-0.2, 0) is 6.54 Å². The van der Waals surface area contributed by atoms with Crippen LogP contribution in [0.25, 0.3) is 11.4 Å². The Morgan fingerprint density at radius 1 is 1.17 bits per heavy atom. The number of aromatic nitrogens is 3. The maximum absolute atomic E-state index is 12.6. The second-order valence-electron chi connectivity index (χ2n) is 6.91. The number of carbonyl (C=O) groups is 1. The lowest BCUT2D eigenvalue weighted by molar-refractivity contribution is 0.102. The predicted molar refractivity (Wildman–Crippen MR) is 118 cm³/mol. The molecule has 0 radical (unpaired) electrons. The summed E-state index contributed by atoms with van der Waals surface area (Å²) in [6, 6.07) is 12.4. The van der Waals surface area contributed by atoms with Gasteiger partial charge in [0.1, 0.15) is 5.82 Å². The molecule has 0 atom stereocenters. The lowest BCUT2D eigenvalue weighted by Gasteiger charge is -2.13. The van der Waals surface area contributed by atoms with Crippen LogP contribution in [0, 0.1) is 5.92 Å². The van der Waals surface area contributed by atoms with E-state index in [4.69, 9.17) is 15.2 Å². The number of halogens is 1. The highest BCUT2D eigenvalue weighted by atomic mass is 35.5. The van der Waals surface area contributed by atoms with Crippen molar-refractivity contribution < 1.29 is 14.3 Å². The molecule has 0 spiro atoms. The Kier molecular flexibility index (Phi) is 8.20. The lowest BCUT2D eigenvalue weighted by atomic mass is 10.1. The first-order valence-electron chi connectivity index (χ1n) is 9.34. The highest BCUT2D eigenvalue weighted by Crippen LogP contribution is 2.29. The van der Waals surface area contributed by atoms with Crippen molar-refractivity contribution in [2.75, 3.05) is 19.0 Å². The minimum absolute atomic E-state index is 0. The fraction of sp³-hybridized carbons (Fsp3) is 0.286. The minimum Gasteiger partial charge on any atom is -0.493 e. The summed E-state index contributed by atoms with van der Waals surface area (Å²) in [4.78, 5) is 16.9. The maximum atomic E-state index is 12.6. The van der Waals surface area contributed by atoms with E-state index < -0.39 is 0 Å². The van der Waals surface area contributed by atoms with E-state index in [-0.39, 0.29) is 18.3 Å². The number of hydrogen-bond acceptors (Lipinski definition) is 6. The van der Waals surface area contributed by atoms with Crippen molar-refractivity contribution >= 4 is 24.0 Å². The van der Waals surface area contributed by atoms with Gasteiger partial charge < -0.3 is 20.5 Å². The van der Waals surface area contributed by atoms with Gasteiger partial charge in [0.25, 0.3) is 5.91 Å². The quantitative estimate of drug-likeness (QED) is 0.501. The number of ether oxygens (including phenoxy) is 2. The van der Waals surface area contributed by atoms with E-state index in [0.717, 1.165) is 5.56 Å². The normalized spacial score (nSPS) is 10.4. The monoisotopic (exact) mass is 431 g/mol. The van der Waals surface area contributed by atoms with Gasteiger partial charge in [0.15, 0.2) is 17.3 Å². The second-order valence-corrected chi connectivity index (χ2v) is 6.91. The van der Waals surface area contributed by atoms with Gasteiger partial charge in [-0.1, -0.05) is 13.8 Å². The largest absolute Gasteiger partial charge is 0.493 e. The molecular weight excluding hydrogens is 406 g/mol. The fourth-order valence-electron chi connectivity index (χ4n) is 2.61. The van der Waals surface area contributed by atoms with Crippen LogP contribution in [-0.4, -0.2) is 34.8 Å². The number of nitrogens with one attached hydrogen (secondary N) is 2. The third-order valence-corrected chi connectivity index (χ3v) is 4.12. The van der Waals surface area contributed by atoms with Crippen LogP contribution < -0.4 is 20.5 Å². The number of aromatic amines is 1. The van der Waals surface area contributed by atoms with Gasteiger partial charge in [-0.15, -0.1) is 12.4 Å². The van der Waals surface area contributed by atoms with E-state index >= 15 is 0 Å². The molecule has 160 valence electrons. The number of nitrogens with two attached hydrogens (primary N) is 1.